The summed E-state index contributed by atoms with van der Waals surface area (Å²) in [6, 6.07) is 16.9. The number of para-hydroxylation sites is 2. The molecule has 0 saturated carbocycles. The van der Waals surface area contributed by atoms with Gasteiger partial charge < -0.3 is 19.7 Å². The second-order valence-corrected chi connectivity index (χ2v) is 8.98. The van der Waals surface area contributed by atoms with Crippen LogP contribution in [0.15, 0.2) is 71.7 Å². The Morgan fingerprint density at radius 1 is 1.07 bits per heavy atom. The van der Waals surface area contributed by atoms with Crippen molar-refractivity contribution in [3.63, 3.8) is 0 Å². The van der Waals surface area contributed by atoms with Crippen molar-refractivity contribution in [2.24, 2.45) is 4.99 Å². The monoisotopic (exact) mass is 546 g/mol. The zero-order valence-corrected chi connectivity index (χ0v) is 21.0. The summed E-state index contributed by atoms with van der Waals surface area (Å²) in [5.74, 6) is -0.0666. The Morgan fingerprint density at radius 3 is 2.52 bits per heavy atom. The molecule has 0 radical (unpaired) electrons. The van der Waals surface area contributed by atoms with Crippen LogP contribution in [0.1, 0.15) is 22.9 Å². The zero-order chi connectivity index (χ0) is 28.1. The highest BCUT2D eigenvalue weighted by molar-refractivity contribution is 6.50. The van der Waals surface area contributed by atoms with Crippen LogP contribution in [0.2, 0.25) is 0 Å². The maximum absolute atomic E-state index is 13.3. The van der Waals surface area contributed by atoms with Gasteiger partial charge in [-0.1, -0.05) is 18.2 Å². The van der Waals surface area contributed by atoms with E-state index in [1.165, 1.54) is 30.0 Å². The molecule has 1 aromatic heterocycles. The second-order valence-electron chi connectivity index (χ2n) is 8.98. The van der Waals surface area contributed by atoms with Crippen molar-refractivity contribution in [3.8, 4) is 17.2 Å². The number of nitrogens with zero attached hydrogens (tertiary/aromatic N) is 5. The van der Waals surface area contributed by atoms with Crippen molar-refractivity contribution >= 4 is 34.6 Å². The molecule has 202 valence electrons. The van der Waals surface area contributed by atoms with Crippen LogP contribution in [0.4, 0.5) is 31.7 Å². The van der Waals surface area contributed by atoms with E-state index in [9.17, 15) is 23.7 Å². The highest BCUT2D eigenvalue weighted by Crippen LogP contribution is 2.48. The van der Waals surface area contributed by atoms with Gasteiger partial charge in [-0.15, -0.1) is 0 Å². The van der Waals surface area contributed by atoms with Crippen LogP contribution in [0.5, 0.6) is 11.5 Å². The van der Waals surface area contributed by atoms with Gasteiger partial charge in [0.25, 0.3) is 11.6 Å². The van der Waals surface area contributed by atoms with Gasteiger partial charge in [-0.05, 0) is 48.9 Å². The molecule has 1 N–H and O–H groups in total. The molecule has 11 nitrogen and oxygen atoms in total. The van der Waals surface area contributed by atoms with E-state index in [1.54, 1.807) is 48.2 Å². The van der Waals surface area contributed by atoms with Crippen molar-refractivity contribution in [1.29, 1.82) is 0 Å². The number of fused-ring (bicyclic) bond motifs is 4. The Morgan fingerprint density at radius 2 is 1.82 bits per heavy atom. The maximum Gasteiger partial charge on any atom is 0.387 e. The summed E-state index contributed by atoms with van der Waals surface area (Å²) in [6.45, 7) is -1.25. The number of nitro groups is 1. The fourth-order valence-corrected chi connectivity index (χ4v) is 5.00. The number of hydrogen-bond donors (Lipinski definition) is 1. The summed E-state index contributed by atoms with van der Waals surface area (Å²) in [7, 11) is 1.35. The van der Waals surface area contributed by atoms with Crippen LogP contribution in [0.25, 0.3) is 5.69 Å². The average molecular weight is 546 g/mol. The number of anilines is 2. The Balaban J connectivity index is 1.59. The first-order valence-electron chi connectivity index (χ1n) is 12.0. The van der Waals surface area contributed by atoms with Crippen molar-refractivity contribution in [2.75, 3.05) is 17.3 Å². The summed E-state index contributed by atoms with van der Waals surface area (Å²) in [5.41, 5.74) is 3.49. The molecule has 13 heteroatoms. The number of halogens is 2. The van der Waals surface area contributed by atoms with Crippen LogP contribution in [0.3, 0.4) is 0 Å². The molecule has 3 aromatic carbocycles. The van der Waals surface area contributed by atoms with Crippen molar-refractivity contribution < 1.29 is 28.0 Å². The first-order valence-corrected chi connectivity index (χ1v) is 12.0. The minimum Gasteiger partial charge on any atom is -0.493 e. The zero-order valence-electron chi connectivity index (χ0n) is 21.0. The SMILES string of the molecule is COc1cc([C@H]2c3c(C)nn(-c4ccc([N+](=O)[O-])cc4)c3N=C3C(=O)Nc4ccccc4N32)ccc1OC(F)F. The first kappa shape index (κ1) is 25.0. The number of aliphatic imine (C=N–C) groups is 1. The molecule has 0 fully saturated rings. The molecule has 1 amide bonds. The van der Waals surface area contributed by atoms with Crippen LogP contribution < -0.4 is 19.7 Å². The first-order chi connectivity index (χ1) is 19.3. The number of amidine groups is 1. The van der Waals surface area contributed by atoms with E-state index in [0.717, 1.165) is 0 Å². The summed E-state index contributed by atoms with van der Waals surface area (Å²) in [6.07, 6.45) is 0. The molecule has 0 bridgehead atoms. The van der Waals surface area contributed by atoms with Gasteiger partial charge in [0.05, 0.1) is 40.8 Å². The molecular formula is C27H20F2N6O5. The van der Waals surface area contributed by atoms with Gasteiger partial charge in [0.1, 0.15) is 0 Å². The maximum atomic E-state index is 13.3. The molecule has 2 aliphatic rings. The minimum atomic E-state index is -3.04. The standard InChI is InChI=1S/C27H20F2N6O5/c1-14-22-23(15-7-12-20(40-27(28)29)21(13-15)39-2)33-19-6-4-3-5-18(19)30-26(36)25(33)31-24(22)34(32-14)16-8-10-17(11-9-16)35(37)38/h3-13,23,27H,1-2H3,(H,30,36)/t23-/m0/s1. The number of methoxy groups -OCH3 is 1. The second kappa shape index (κ2) is 9.45. The Bertz CT molecular complexity index is 1700. The van der Waals surface area contributed by atoms with Crippen molar-refractivity contribution in [1.82, 2.24) is 9.78 Å². The number of hydrogen-bond acceptors (Lipinski definition) is 8. The van der Waals surface area contributed by atoms with E-state index >= 15 is 0 Å². The molecule has 0 aliphatic carbocycles. The lowest BCUT2D eigenvalue weighted by atomic mass is 9.93. The molecule has 0 saturated heterocycles. The molecule has 6 rings (SSSR count). The predicted octanol–water partition coefficient (Wildman–Crippen LogP) is 5.29. The fourth-order valence-electron chi connectivity index (χ4n) is 5.00. The Kier molecular flexibility index (Phi) is 5.90. The van der Waals surface area contributed by atoms with Gasteiger partial charge in [-0.2, -0.15) is 13.9 Å². The van der Waals surface area contributed by atoms with E-state index < -0.39 is 23.5 Å². The highest BCUT2D eigenvalue weighted by atomic mass is 19.3. The smallest absolute Gasteiger partial charge is 0.387 e. The van der Waals surface area contributed by atoms with Crippen LogP contribution >= 0.6 is 0 Å². The third-order valence-corrected chi connectivity index (χ3v) is 6.69. The quantitative estimate of drug-likeness (QED) is 0.257. The lowest BCUT2D eigenvalue weighted by molar-refractivity contribution is -0.384. The number of rotatable bonds is 6. The van der Waals surface area contributed by atoms with Crippen molar-refractivity contribution in [2.45, 2.75) is 19.6 Å². The summed E-state index contributed by atoms with van der Waals surface area (Å²) in [4.78, 5) is 30.5. The number of aryl methyl sites for hydroxylation is 1. The van der Waals surface area contributed by atoms with Gasteiger partial charge in [0, 0.05) is 17.7 Å². The molecule has 40 heavy (non-hydrogen) atoms. The summed E-state index contributed by atoms with van der Waals surface area (Å²) in [5, 5.41) is 18.7. The lowest BCUT2D eigenvalue weighted by Gasteiger charge is -2.40. The number of carbonyl (C=O) groups is 1. The number of nitro benzene ring substituents is 1. The molecule has 0 unspecified atom stereocenters. The molecule has 1 atom stereocenters. The van der Waals surface area contributed by atoms with E-state index in [2.05, 4.69) is 15.2 Å². The van der Waals surface area contributed by atoms with Crippen LogP contribution in [-0.4, -0.2) is 40.2 Å². The third-order valence-electron chi connectivity index (χ3n) is 6.69. The minimum absolute atomic E-state index is 0.0820. The van der Waals surface area contributed by atoms with Gasteiger partial charge in [-0.3, -0.25) is 14.9 Å². The number of carbonyl (C=O) groups excluding carboxylic acids is 1. The highest BCUT2D eigenvalue weighted by Gasteiger charge is 2.43. The molecule has 3 heterocycles. The molecule has 4 aromatic rings. The van der Waals surface area contributed by atoms with Crippen LogP contribution in [0, 0.1) is 17.0 Å². The largest absolute Gasteiger partial charge is 0.493 e. The van der Waals surface area contributed by atoms with E-state index in [-0.39, 0.29) is 23.0 Å². The number of benzene rings is 3. The van der Waals surface area contributed by atoms with Gasteiger partial charge in [0.15, 0.2) is 17.3 Å². The van der Waals surface area contributed by atoms with E-state index in [0.29, 0.717) is 39.7 Å². The number of nitrogens with one attached hydrogen (secondary N) is 1. The van der Waals surface area contributed by atoms with Gasteiger partial charge >= 0.3 is 6.61 Å². The average Bonchev–Trinajstić information content (AvgIpc) is 3.28. The molecular weight excluding hydrogens is 526 g/mol. The Labute approximate surface area is 225 Å². The normalized spacial score (nSPS) is 15.5. The molecule has 2 aliphatic heterocycles. The predicted molar refractivity (Wildman–Crippen MR) is 141 cm³/mol. The van der Waals surface area contributed by atoms with Gasteiger partial charge in [-0.25, -0.2) is 9.67 Å². The number of amides is 1. The number of alkyl halides is 2. The third kappa shape index (κ3) is 3.99. The molecule has 0 spiro atoms. The Hall–Kier alpha value is -5.33. The number of aromatic nitrogens is 2. The number of ether oxygens (including phenoxy) is 2. The summed E-state index contributed by atoms with van der Waals surface area (Å²) < 4.78 is 37.5. The number of non-ortho nitro benzene ring substituents is 1. The van der Waals surface area contributed by atoms with Crippen LogP contribution in [-0.2, 0) is 4.79 Å². The van der Waals surface area contributed by atoms with E-state index in [4.69, 9.17) is 9.73 Å². The lowest BCUT2D eigenvalue weighted by Crippen LogP contribution is -2.48. The van der Waals surface area contributed by atoms with Gasteiger partial charge in [0.2, 0.25) is 5.84 Å². The fraction of sp³-hybridized carbons (Fsp3) is 0.148. The summed E-state index contributed by atoms with van der Waals surface area (Å²) >= 11 is 0. The van der Waals surface area contributed by atoms with Crippen molar-refractivity contribution in [3.05, 3.63) is 93.7 Å². The topological polar surface area (TPSA) is 124 Å². The van der Waals surface area contributed by atoms with E-state index in [1.807, 2.05) is 12.1 Å².